The molecule has 1 aliphatic rings. The molecule has 0 saturated heterocycles. The van der Waals surface area contributed by atoms with Crippen molar-refractivity contribution in [2.24, 2.45) is 11.8 Å². The standard InChI is InChI=1S/C18H28FN/c1-13(2)11-20-12-15-6-4-5-7-18(15)16-8-14(3)9-17(19)10-16/h8-10,13,15,18,20H,4-7,11-12H2,1-3H3. The number of hydrogen-bond donors (Lipinski definition) is 1. The molecule has 0 spiro atoms. The summed E-state index contributed by atoms with van der Waals surface area (Å²) in [6.45, 7) is 8.60. The minimum absolute atomic E-state index is 0.0838. The fourth-order valence-corrected chi connectivity index (χ4v) is 3.43. The minimum atomic E-state index is -0.0838. The van der Waals surface area contributed by atoms with Gasteiger partial charge < -0.3 is 5.32 Å². The van der Waals surface area contributed by atoms with Crippen LogP contribution in [0.3, 0.4) is 0 Å². The lowest BCUT2D eigenvalue weighted by Crippen LogP contribution is -2.31. The largest absolute Gasteiger partial charge is 0.316 e. The summed E-state index contributed by atoms with van der Waals surface area (Å²) in [5, 5.41) is 3.59. The predicted octanol–water partition coefficient (Wildman–Crippen LogP) is 4.65. The molecular formula is C18H28FN. The summed E-state index contributed by atoms with van der Waals surface area (Å²) in [5.41, 5.74) is 2.25. The topological polar surface area (TPSA) is 12.0 Å². The molecule has 1 aromatic carbocycles. The second-order valence-corrected chi connectivity index (χ2v) is 6.77. The molecule has 2 atom stereocenters. The molecule has 1 aromatic rings. The van der Waals surface area contributed by atoms with Gasteiger partial charge in [0, 0.05) is 0 Å². The van der Waals surface area contributed by atoms with E-state index in [9.17, 15) is 4.39 Å². The van der Waals surface area contributed by atoms with Crippen LogP contribution < -0.4 is 5.32 Å². The minimum Gasteiger partial charge on any atom is -0.316 e. The van der Waals surface area contributed by atoms with E-state index in [-0.39, 0.29) is 5.82 Å². The van der Waals surface area contributed by atoms with Crippen LogP contribution in [0.15, 0.2) is 18.2 Å². The van der Waals surface area contributed by atoms with Crippen molar-refractivity contribution in [2.75, 3.05) is 13.1 Å². The monoisotopic (exact) mass is 277 g/mol. The van der Waals surface area contributed by atoms with Crippen LogP contribution in [0.4, 0.5) is 4.39 Å². The zero-order valence-electron chi connectivity index (χ0n) is 13.1. The van der Waals surface area contributed by atoms with Gasteiger partial charge in [-0.15, -0.1) is 0 Å². The molecule has 1 fully saturated rings. The average molecular weight is 277 g/mol. The summed E-state index contributed by atoms with van der Waals surface area (Å²) in [7, 11) is 0. The van der Waals surface area contributed by atoms with E-state index in [0.717, 1.165) is 18.7 Å². The zero-order chi connectivity index (χ0) is 14.5. The maximum Gasteiger partial charge on any atom is 0.123 e. The van der Waals surface area contributed by atoms with Crippen molar-refractivity contribution in [1.29, 1.82) is 0 Å². The number of hydrogen-bond acceptors (Lipinski definition) is 1. The van der Waals surface area contributed by atoms with Gasteiger partial charge in [-0.2, -0.15) is 0 Å². The second-order valence-electron chi connectivity index (χ2n) is 6.77. The summed E-state index contributed by atoms with van der Waals surface area (Å²) in [6, 6.07) is 5.55. The number of nitrogens with one attached hydrogen (secondary N) is 1. The maximum absolute atomic E-state index is 13.7. The Balaban J connectivity index is 2.05. The molecule has 20 heavy (non-hydrogen) atoms. The van der Waals surface area contributed by atoms with Crippen molar-refractivity contribution in [1.82, 2.24) is 5.32 Å². The summed E-state index contributed by atoms with van der Waals surface area (Å²) >= 11 is 0. The molecule has 0 heterocycles. The Morgan fingerprint density at radius 1 is 1.20 bits per heavy atom. The summed E-state index contributed by atoms with van der Waals surface area (Å²) in [4.78, 5) is 0. The smallest absolute Gasteiger partial charge is 0.123 e. The molecule has 112 valence electrons. The van der Waals surface area contributed by atoms with Crippen LogP contribution in [0, 0.1) is 24.6 Å². The molecule has 1 N–H and O–H groups in total. The molecule has 0 amide bonds. The number of aryl methyl sites for hydroxylation is 1. The molecule has 2 rings (SSSR count). The van der Waals surface area contributed by atoms with Crippen molar-refractivity contribution >= 4 is 0 Å². The summed E-state index contributed by atoms with van der Waals surface area (Å²) in [5.74, 6) is 1.79. The van der Waals surface area contributed by atoms with Crippen molar-refractivity contribution in [3.05, 3.63) is 35.1 Å². The number of rotatable bonds is 5. The van der Waals surface area contributed by atoms with E-state index >= 15 is 0 Å². The van der Waals surface area contributed by atoms with E-state index < -0.39 is 0 Å². The summed E-state index contributed by atoms with van der Waals surface area (Å²) in [6.07, 6.45) is 5.07. The van der Waals surface area contributed by atoms with Crippen molar-refractivity contribution in [3.8, 4) is 0 Å². The molecule has 0 bridgehead atoms. The highest BCUT2D eigenvalue weighted by molar-refractivity contribution is 5.27. The van der Waals surface area contributed by atoms with Crippen LogP contribution in [0.5, 0.6) is 0 Å². The van der Waals surface area contributed by atoms with E-state index in [1.54, 1.807) is 12.1 Å². The van der Waals surface area contributed by atoms with Gasteiger partial charge >= 0.3 is 0 Å². The maximum atomic E-state index is 13.7. The Hall–Kier alpha value is -0.890. The van der Waals surface area contributed by atoms with Crippen molar-refractivity contribution < 1.29 is 4.39 Å². The molecule has 2 unspecified atom stereocenters. The van der Waals surface area contributed by atoms with Gasteiger partial charge in [0.05, 0.1) is 0 Å². The average Bonchev–Trinajstić information content (AvgIpc) is 2.37. The predicted molar refractivity (Wildman–Crippen MR) is 83.5 cm³/mol. The van der Waals surface area contributed by atoms with Crippen LogP contribution in [-0.4, -0.2) is 13.1 Å². The van der Waals surface area contributed by atoms with E-state index in [1.165, 1.54) is 31.2 Å². The fourth-order valence-electron chi connectivity index (χ4n) is 3.43. The zero-order valence-corrected chi connectivity index (χ0v) is 13.1. The van der Waals surface area contributed by atoms with Crippen LogP contribution >= 0.6 is 0 Å². The Morgan fingerprint density at radius 2 is 1.95 bits per heavy atom. The van der Waals surface area contributed by atoms with Gasteiger partial charge in [0.2, 0.25) is 0 Å². The molecule has 2 heteroatoms. The SMILES string of the molecule is Cc1cc(F)cc(C2CCCCC2CNCC(C)C)c1. The van der Waals surface area contributed by atoms with Gasteiger partial charge in [0.1, 0.15) is 5.82 Å². The lowest BCUT2D eigenvalue weighted by Gasteiger charge is -2.32. The van der Waals surface area contributed by atoms with E-state index in [4.69, 9.17) is 0 Å². The highest BCUT2D eigenvalue weighted by Crippen LogP contribution is 2.38. The number of halogens is 1. The number of benzene rings is 1. The quantitative estimate of drug-likeness (QED) is 0.826. The van der Waals surface area contributed by atoms with Gasteiger partial charge in [-0.25, -0.2) is 4.39 Å². The van der Waals surface area contributed by atoms with Crippen LogP contribution in [0.25, 0.3) is 0 Å². The molecule has 0 radical (unpaired) electrons. The van der Waals surface area contributed by atoms with Gasteiger partial charge in [0.15, 0.2) is 0 Å². The fraction of sp³-hybridized carbons (Fsp3) is 0.667. The Bertz CT molecular complexity index is 407. The molecule has 0 aliphatic heterocycles. The first-order valence-corrected chi connectivity index (χ1v) is 8.04. The molecule has 1 saturated carbocycles. The van der Waals surface area contributed by atoms with Crippen molar-refractivity contribution in [2.45, 2.75) is 52.4 Å². The first-order chi connectivity index (χ1) is 9.56. The molecular weight excluding hydrogens is 249 g/mol. The van der Waals surface area contributed by atoms with Crippen molar-refractivity contribution in [3.63, 3.8) is 0 Å². The van der Waals surface area contributed by atoms with Crippen LogP contribution in [0.2, 0.25) is 0 Å². The first kappa shape index (κ1) is 15.5. The third-order valence-corrected chi connectivity index (χ3v) is 4.36. The van der Waals surface area contributed by atoms with Gasteiger partial charge in [-0.05, 0) is 73.9 Å². The molecule has 1 nitrogen and oxygen atoms in total. The van der Waals surface area contributed by atoms with Gasteiger partial charge in [-0.3, -0.25) is 0 Å². The summed E-state index contributed by atoms with van der Waals surface area (Å²) < 4.78 is 13.7. The van der Waals surface area contributed by atoms with Gasteiger partial charge in [-0.1, -0.05) is 32.8 Å². The van der Waals surface area contributed by atoms with E-state index in [1.807, 2.05) is 6.92 Å². The van der Waals surface area contributed by atoms with E-state index in [0.29, 0.717) is 17.8 Å². The normalized spacial score (nSPS) is 23.2. The van der Waals surface area contributed by atoms with Crippen LogP contribution in [-0.2, 0) is 0 Å². The Kier molecular flexibility index (Phi) is 5.59. The highest BCUT2D eigenvalue weighted by Gasteiger charge is 2.26. The first-order valence-electron chi connectivity index (χ1n) is 8.04. The van der Waals surface area contributed by atoms with E-state index in [2.05, 4.69) is 25.2 Å². The Labute approximate surface area is 123 Å². The van der Waals surface area contributed by atoms with Gasteiger partial charge in [0.25, 0.3) is 0 Å². The lowest BCUT2D eigenvalue weighted by atomic mass is 9.75. The third kappa shape index (κ3) is 4.31. The van der Waals surface area contributed by atoms with Crippen LogP contribution in [0.1, 0.15) is 56.6 Å². The Morgan fingerprint density at radius 3 is 2.65 bits per heavy atom. The third-order valence-electron chi connectivity index (χ3n) is 4.36. The lowest BCUT2D eigenvalue weighted by molar-refractivity contribution is 0.291. The molecule has 1 aliphatic carbocycles. The highest BCUT2D eigenvalue weighted by atomic mass is 19.1. The second kappa shape index (κ2) is 7.21. The molecule has 0 aromatic heterocycles.